The molecule has 0 aliphatic rings. The molecule has 4 aromatic rings. The summed E-state index contributed by atoms with van der Waals surface area (Å²) in [5, 5.41) is 10.8. The first-order valence-corrected chi connectivity index (χ1v) is 9.56. The van der Waals surface area contributed by atoms with Crippen molar-refractivity contribution in [3.05, 3.63) is 76.6 Å². The third-order valence-electron chi connectivity index (χ3n) is 4.73. The van der Waals surface area contributed by atoms with Crippen LogP contribution in [-0.2, 0) is 4.74 Å². The molecule has 2 aromatic heterocycles. The maximum absolute atomic E-state index is 13.1. The second-order valence-electron chi connectivity index (χ2n) is 6.40. The number of esters is 1. The SMILES string of the molecule is CCOC(=O)c1c(-c2ccccc2)[nH]c(=S)c(C#N)c1-c1c[nH]c2ccccc12. The highest BCUT2D eigenvalue weighted by molar-refractivity contribution is 7.71. The van der Waals surface area contributed by atoms with E-state index in [4.69, 9.17) is 17.0 Å². The van der Waals surface area contributed by atoms with Crippen molar-refractivity contribution in [3.8, 4) is 28.5 Å². The van der Waals surface area contributed by atoms with E-state index >= 15 is 0 Å². The first-order chi connectivity index (χ1) is 14.2. The Morgan fingerprint density at radius 1 is 1.14 bits per heavy atom. The summed E-state index contributed by atoms with van der Waals surface area (Å²) in [7, 11) is 0. The van der Waals surface area contributed by atoms with Crippen LogP contribution in [0.4, 0.5) is 0 Å². The number of H-pyrrole nitrogens is 2. The maximum atomic E-state index is 13.1. The molecule has 29 heavy (non-hydrogen) atoms. The molecule has 0 unspecified atom stereocenters. The second kappa shape index (κ2) is 7.74. The lowest BCUT2D eigenvalue weighted by atomic mass is 9.92. The molecule has 2 N–H and O–H groups in total. The number of fused-ring (bicyclic) bond motifs is 1. The standard InChI is InChI=1S/C23H17N3O2S/c1-2-28-23(27)20-19(17-13-25-18-11-7-6-10-15(17)18)16(12-24)22(29)26-21(20)14-8-4-3-5-9-14/h3-11,13,25H,2H2,1H3,(H,26,29). The molecule has 142 valence electrons. The molecule has 2 aromatic carbocycles. The van der Waals surface area contributed by atoms with Gasteiger partial charge in [-0.3, -0.25) is 0 Å². The average molecular weight is 399 g/mol. The number of aromatic nitrogens is 2. The van der Waals surface area contributed by atoms with Gasteiger partial charge < -0.3 is 14.7 Å². The first kappa shape index (κ1) is 18.7. The molecular weight excluding hydrogens is 382 g/mol. The summed E-state index contributed by atoms with van der Waals surface area (Å²) in [6, 6.07) is 19.3. The number of carbonyl (C=O) groups excluding carboxylic acids is 1. The number of nitriles is 1. The Bertz CT molecular complexity index is 1310. The van der Waals surface area contributed by atoms with E-state index in [1.807, 2.05) is 54.6 Å². The summed E-state index contributed by atoms with van der Waals surface area (Å²) in [5.41, 5.74) is 3.98. The van der Waals surface area contributed by atoms with Crippen molar-refractivity contribution in [1.29, 1.82) is 5.26 Å². The number of para-hydroxylation sites is 1. The summed E-state index contributed by atoms with van der Waals surface area (Å²) >= 11 is 5.49. The number of pyridine rings is 1. The van der Waals surface area contributed by atoms with Gasteiger partial charge in [-0.1, -0.05) is 60.7 Å². The number of hydrogen-bond acceptors (Lipinski definition) is 4. The van der Waals surface area contributed by atoms with E-state index in [0.29, 0.717) is 16.8 Å². The van der Waals surface area contributed by atoms with Crippen molar-refractivity contribution in [3.63, 3.8) is 0 Å². The van der Waals surface area contributed by atoms with Crippen LogP contribution in [0, 0.1) is 16.0 Å². The average Bonchev–Trinajstić information content (AvgIpc) is 3.17. The van der Waals surface area contributed by atoms with Crippen molar-refractivity contribution < 1.29 is 9.53 Å². The zero-order valence-corrected chi connectivity index (χ0v) is 16.5. The molecule has 0 amide bonds. The van der Waals surface area contributed by atoms with Crippen LogP contribution >= 0.6 is 12.2 Å². The highest BCUT2D eigenvalue weighted by atomic mass is 32.1. The van der Waals surface area contributed by atoms with Crippen LogP contribution in [-0.4, -0.2) is 22.5 Å². The lowest BCUT2D eigenvalue weighted by molar-refractivity contribution is 0.0527. The number of benzene rings is 2. The Balaban J connectivity index is 2.16. The second-order valence-corrected chi connectivity index (χ2v) is 6.81. The van der Waals surface area contributed by atoms with Gasteiger partial charge in [0, 0.05) is 28.2 Å². The smallest absolute Gasteiger partial charge is 0.340 e. The summed E-state index contributed by atoms with van der Waals surface area (Å²) in [5.74, 6) is -0.505. The Kier molecular flexibility index (Phi) is 4.98. The Hall–Kier alpha value is -3.69. The molecule has 0 saturated carbocycles. The molecule has 0 fully saturated rings. The predicted molar refractivity (Wildman–Crippen MR) is 115 cm³/mol. The topological polar surface area (TPSA) is 81.7 Å². The fourth-order valence-electron chi connectivity index (χ4n) is 3.49. The third kappa shape index (κ3) is 3.22. The quantitative estimate of drug-likeness (QED) is 0.345. The molecule has 0 aliphatic carbocycles. The van der Waals surface area contributed by atoms with Gasteiger partial charge in [-0.05, 0) is 18.6 Å². The number of nitrogens with one attached hydrogen (secondary N) is 2. The van der Waals surface area contributed by atoms with Crippen molar-refractivity contribution in [2.45, 2.75) is 6.92 Å². The van der Waals surface area contributed by atoms with Gasteiger partial charge in [0.15, 0.2) is 0 Å². The number of aromatic amines is 2. The monoisotopic (exact) mass is 399 g/mol. The Morgan fingerprint density at radius 3 is 2.59 bits per heavy atom. The highest BCUT2D eigenvalue weighted by Crippen LogP contribution is 2.38. The first-order valence-electron chi connectivity index (χ1n) is 9.15. The Labute approximate surface area is 172 Å². The van der Waals surface area contributed by atoms with Crippen LogP contribution < -0.4 is 0 Å². The minimum Gasteiger partial charge on any atom is -0.462 e. The van der Waals surface area contributed by atoms with Gasteiger partial charge >= 0.3 is 5.97 Å². The van der Waals surface area contributed by atoms with Gasteiger partial charge in [0.1, 0.15) is 10.7 Å². The minimum atomic E-state index is -0.505. The maximum Gasteiger partial charge on any atom is 0.340 e. The van der Waals surface area contributed by atoms with Gasteiger partial charge in [0.25, 0.3) is 0 Å². The van der Waals surface area contributed by atoms with Gasteiger partial charge in [-0.2, -0.15) is 5.26 Å². The molecule has 0 radical (unpaired) electrons. The van der Waals surface area contributed by atoms with Crippen molar-refractivity contribution >= 4 is 29.1 Å². The molecule has 0 saturated heterocycles. The highest BCUT2D eigenvalue weighted by Gasteiger charge is 2.26. The van der Waals surface area contributed by atoms with E-state index in [0.717, 1.165) is 22.0 Å². The number of hydrogen-bond donors (Lipinski definition) is 2. The molecular formula is C23H17N3O2S. The molecule has 6 heteroatoms. The number of rotatable bonds is 4. The fourth-order valence-corrected chi connectivity index (χ4v) is 3.73. The third-order valence-corrected chi connectivity index (χ3v) is 5.03. The summed E-state index contributed by atoms with van der Waals surface area (Å²) in [6.07, 6.45) is 1.80. The van der Waals surface area contributed by atoms with Crippen LogP contribution in [0.25, 0.3) is 33.3 Å². The van der Waals surface area contributed by atoms with Crippen molar-refractivity contribution in [2.75, 3.05) is 6.61 Å². The van der Waals surface area contributed by atoms with Crippen LogP contribution in [0.5, 0.6) is 0 Å². The lowest BCUT2D eigenvalue weighted by Gasteiger charge is -2.16. The number of carbonyl (C=O) groups is 1. The van der Waals surface area contributed by atoms with Crippen LogP contribution in [0.3, 0.4) is 0 Å². The molecule has 2 heterocycles. The van der Waals surface area contributed by atoms with E-state index in [9.17, 15) is 10.1 Å². The van der Waals surface area contributed by atoms with Gasteiger partial charge in [-0.15, -0.1) is 0 Å². The van der Waals surface area contributed by atoms with Gasteiger partial charge in [0.2, 0.25) is 0 Å². The summed E-state index contributed by atoms with van der Waals surface area (Å²) in [6.45, 7) is 1.97. The molecule has 4 rings (SSSR count). The molecule has 0 atom stereocenters. The minimum absolute atomic E-state index is 0.220. The molecule has 0 spiro atoms. The largest absolute Gasteiger partial charge is 0.462 e. The predicted octanol–water partition coefficient (Wildman–Crippen LogP) is 5.61. The molecule has 0 bridgehead atoms. The van der Waals surface area contributed by atoms with Crippen LogP contribution in [0.15, 0.2) is 60.8 Å². The van der Waals surface area contributed by atoms with Crippen molar-refractivity contribution in [2.24, 2.45) is 0 Å². The van der Waals surface area contributed by atoms with Gasteiger partial charge in [0.05, 0.1) is 23.4 Å². The lowest BCUT2D eigenvalue weighted by Crippen LogP contribution is -2.11. The van der Waals surface area contributed by atoms with E-state index in [1.165, 1.54) is 0 Å². The fraction of sp³-hybridized carbons (Fsp3) is 0.0870. The van der Waals surface area contributed by atoms with E-state index in [1.54, 1.807) is 13.1 Å². The zero-order valence-electron chi connectivity index (χ0n) is 15.7. The van der Waals surface area contributed by atoms with E-state index < -0.39 is 5.97 Å². The number of nitrogens with zero attached hydrogens (tertiary/aromatic N) is 1. The summed E-state index contributed by atoms with van der Waals surface area (Å²) < 4.78 is 5.65. The normalized spacial score (nSPS) is 10.6. The Morgan fingerprint density at radius 2 is 1.86 bits per heavy atom. The summed E-state index contributed by atoms with van der Waals surface area (Å²) in [4.78, 5) is 19.4. The molecule has 5 nitrogen and oxygen atoms in total. The van der Waals surface area contributed by atoms with E-state index in [-0.39, 0.29) is 16.8 Å². The van der Waals surface area contributed by atoms with E-state index in [2.05, 4.69) is 16.0 Å². The molecule has 0 aliphatic heterocycles. The van der Waals surface area contributed by atoms with Gasteiger partial charge in [-0.25, -0.2) is 4.79 Å². The van der Waals surface area contributed by atoms with Crippen LogP contribution in [0.1, 0.15) is 22.8 Å². The van der Waals surface area contributed by atoms with Crippen molar-refractivity contribution in [1.82, 2.24) is 9.97 Å². The number of ether oxygens (including phenoxy) is 1. The van der Waals surface area contributed by atoms with Crippen LogP contribution in [0.2, 0.25) is 0 Å². The zero-order chi connectivity index (χ0) is 20.4.